The zero-order valence-electron chi connectivity index (χ0n) is 28.6. The van der Waals surface area contributed by atoms with E-state index in [0.717, 1.165) is 17.1 Å². The van der Waals surface area contributed by atoms with Gasteiger partial charge in [-0.15, -0.1) is 11.3 Å². The van der Waals surface area contributed by atoms with E-state index < -0.39 is 0 Å². The number of benzene rings is 8. The second-order valence-electron chi connectivity index (χ2n) is 14.2. The number of anilines is 3. The van der Waals surface area contributed by atoms with Crippen LogP contribution in [0.2, 0.25) is 0 Å². The summed E-state index contributed by atoms with van der Waals surface area (Å²) in [6.45, 7) is 4.68. The molecule has 1 heterocycles. The van der Waals surface area contributed by atoms with E-state index in [2.05, 4.69) is 195 Å². The van der Waals surface area contributed by atoms with Gasteiger partial charge in [-0.2, -0.15) is 0 Å². The highest BCUT2D eigenvalue weighted by atomic mass is 32.1. The van der Waals surface area contributed by atoms with Crippen LogP contribution in [0.25, 0.3) is 64.3 Å². The summed E-state index contributed by atoms with van der Waals surface area (Å²) in [5, 5.41) is 5.30. The summed E-state index contributed by atoms with van der Waals surface area (Å²) < 4.78 is 2.69. The third-order valence-corrected chi connectivity index (χ3v) is 12.0. The van der Waals surface area contributed by atoms with Crippen molar-refractivity contribution in [2.45, 2.75) is 19.3 Å². The first-order valence-corrected chi connectivity index (χ1v) is 18.5. The van der Waals surface area contributed by atoms with Crippen LogP contribution in [-0.4, -0.2) is 0 Å². The van der Waals surface area contributed by atoms with Crippen molar-refractivity contribution in [3.63, 3.8) is 0 Å². The number of thiophene rings is 1. The smallest absolute Gasteiger partial charge is 0.0468 e. The van der Waals surface area contributed by atoms with Crippen LogP contribution in [0.15, 0.2) is 176 Å². The Bertz CT molecular complexity index is 2750. The fraction of sp³-hybridized carbons (Fsp3) is 0.0612. The first-order chi connectivity index (χ1) is 25.0. The Morgan fingerprint density at radius 1 is 0.412 bits per heavy atom. The minimum Gasteiger partial charge on any atom is -0.310 e. The van der Waals surface area contributed by atoms with E-state index in [0.29, 0.717) is 0 Å². The van der Waals surface area contributed by atoms with Crippen molar-refractivity contribution >= 4 is 59.3 Å². The molecule has 242 valence electrons. The molecular formula is C49H35NS. The highest BCUT2D eigenvalue weighted by Gasteiger charge is 2.35. The van der Waals surface area contributed by atoms with E-state index in [1.165, 1.54) is 75.5 Å². The van der Waals surface area contributed by atoms with Gasteiger partial charge < -0.3 is 4.90 Å². The highest BCUT2D eigenvalue weighted by Crippen LogP contribution is 2.50. The van der Waals surface area contributed by atoms with Crippen LogP contribution in [0.5, 0.6) is 0 Å². The number of nitrogens with zero attached hydrogens (tertiary/aromatic N) is 1. The van der Waals surface area contributed by atoms with Crippen molar-refractivity contribution in [2.24, 2.45) is 0 Å². The first-order valence-electron chi connectivity index (χ1n) is 17.7. The van der Waals surface area contributed by atoms with Gasteiger partial charge in [-0.25, -0.2) is 0 Å². The molecule has 0 saturated heterocycles. The molecule has 10 rings (SSSR count). The maximum absolute atomic E-state index is 2.39. The lowest BCUT2D eigenvalue weighted by atomic mass is 9.82. The fourth-order valence-electron chi connectivity index (χ4n) is 8.26. The zero-order chi connectivity index (χ0) is 34.1. The van der Waals surface area contributed by atoms with E-state index in [1.54, 1.807) is 0 Å². The average molecular weight is 670 g/mol. The van der Waals surface area contributed by atoms with Gasteiger partial charge in [-0.05, 0) is 110 Å². The van der Waals surface area contributed by atoms with Crippen molar-refractivity contribution < 1.29 is 0 Å². The Balaban J connectivity index is 1.06. The normalized spacial score (nSPS) is 13.1. The minimum atomic E-state index is -0.0313. The molecule has 0 amide bonds. The van der Waals surface area contributed by atoms with Crippen LogP contribution in [0.3, 0.4) is 0 Å². The molecule has 0 atom stereocenters. The van der Waals surface area contributed by atoms with Crippen LogP contribution in [0.4, 0.5) is 17.1 Å². The summed E-state index contributed by atoms with van der Waals surface area (Å²) in [7, 11) is 0. The molecule has 0 spiro atoms. The predicted molar refractivity (Wildman–Crippen MR) is 220 cm³/mol. The van der Waals surface area contributed by atoms with Crippen LogP contribution in [-0.2, 0) is 5.41 Å². The monoisotopic (exact) mass is 669 g/mol. The molecule has 0 unspecified atom stereocenters. The maximum Gasteiger partial charge on any atom is 0.0468 e. The van der Waals surface area contributed by atoms with Gasteiger partial charge >= 0.3 is 0 Å². The fourth-order valence-corrected chi connectivity index (χ4v) is 9.39. The molecular weight excluding hydrogens is 635 g/mol. The molecule has 0 bridgehead atoms. The first kappa shape index (κ1) is 29.9. The summed E-state index contributed by atoms with van der Waals surface area (Å²) in [6.07, 6.45) is 0. The Hall–Kier alpha value is -5.96. The summed E-state index contributed by atoms with van der Waals surface area (Å²) in [6, 6.07) is 64.8. The van der Waals surface area contributed by atoms with E-state index in [4.69, 9.17) is 0 Å². The van der Waals surface area contributed by atoms with Gasteiger partial charge in [-0.3, -0.25) is 0 Å². The van der Waals surface area contributed by atoms with Gasteiger partial charge in [0.1, 0.15) is 0 Å². The molecule has 8 aromatic carbocycles. The topological polar surface area (TPSA) is 3.24 Å². The average Bonchev–Trinajstić information content (AvgIpc) is 3.68. The van der Waals surface area contributed by atoms with Gasteiger partial charge in [0.25, 0.3) is 0 Å². The van der Waals surface area contributed by atoms with Crippen molar-refractivity contribution in [3.05, 3.63) is 187 Å². The second kappa shape index (κ2) is 11.6. The SMILES string of the molecule is CC1(C)c2ccccc2-c2cc(N(c3ccc(-c4ccccc4)cc3)c3ccc(-c4ccc5c(ccc6sc7ccccc7c65)c4)cc3)ccc21. The Labute approximate surface area is 302 Å². The predicted octanol–water partition coefficient (Wildman–Crippen LogP) is 14.3. The van der Waals surface area contributed by atoms with E-state index in [1.807, 2.05) is 11.3 Å². The number of hydrogen-bond acceptors (Lipinski definition) is 2. The van der Waals surface area contributed by atoms with Gasteiger partial charge in [0.2, 0.25) is 0 Å². The quantitative estimate of drug-likeness (QED) is 0.176. The standard InChI is InChI=1S/C49H35NS/c1-49(2)44-14-8-6-12-41(44)43-31-39(26-28-45(43)49)50(37-22-16-33(17-23-37)32-10-4-3-5-11-32)38-24-18-34(19-25-38)35-20-27-40-36(30-35)21-29-47-48(40)42-13-7-9-15-46(42)51-47/h3-31H,1-2H3. The number of hydrogen-bond donors (Lipinski definition) is 0. The molecule has 0 radical (unpaired) electrons. The molecule has 0 N–H and O–H groups in total. The summed E-state index contributed by atoms with van der Waals surface area (Å²) in [4.78, 5) is 2.39. The van der Waals surface area contributed by atoms with Gasteiger partial charge in [0.05, 0.1) is 0 Å². The summed E-state index contributed by atoms with van der Waals surface area (Å²) in [5.74, 6) is 0. The molecule has 1 nitrogen and oxygen atoms in total. The maximum atomic E-state index is 2.39. The van der Waals surface area contributed by atoms with Gasteiger partial charge in [-0.1, -0.05) is 135 Å². The lowest BCUT2D eigenvalue weighted by molar-refractivity contribution is 0.660. The Morgan fingerprint density at radius 3 is 1.80 bits per heavy atom. The van der Waals surface area contributed by atoms with Crippen molar-refractivity contribution in [1.82, 2.24) is 0 Å². The van der Waals surface area contributed by atoms with Crippen LogP contribution < -0.4 is 4.90 Å². The van der Waals surface area contributed by atoms with E-state index in [9.17, 15) is 0 Å². The molecule has 0 saturated carbocycles. The largest absolute Gasteiger partial charge is 0.310 e. The third kappa shape index (κ3) is 4.82. The summed E-state index contributed by atoms with van der Waals surface area (Å²) >= 11 is 1.88. The highest BCUT2D eigenvalue weighted by molar-refractivity contribution is 7.26. The molecule has 0 fully saturated rings. The van der Waals surface area contributed by atoms with Crippen LogP contribution in [0.1, 0.15) is 25.0 Å². The molecule has 1 aliphatic carbocycles. The van der Waals surface area contributed by atoms with Crippen molar-refractivity contribution in [2.75, 3.05) is 4.90 Å². The van der Waals surface area contributed by atoms with Crippen molar-refractivity contribution in [1.29, 1.82) is 0 Å². The molecule has 1 aromatic heterocycles. The number of rotatable bonds is 5. The second-order valence-corrected chi connectivity index (χ2v) is 15.3. The lowest BCUT2D eigenvalue weighted by Crippen LogP contribution is -2.15. The third-order valence-electron chi connectivity index (χ3n) is 10.9. The number of fused-ring (bicyclic) bond motifs is 8. The molecule has 1 aliphatic rings. The van der Waals surface area contributed by atoms with E-state index in [-0.39, 0.29) is 5.41 Å². The zero-order valence-corrected chi connectivity index (χ0v) is 29.4. The molecule has 51 heavy (non-hydrogen) atoms. The molecule has 2 heteroatoms. The van der Waals surface area contributed by atoms with Gasteiger partial charge in [0, 0.05) is 42.6 Å². The van der Waals surface area contributed by atoms with Gasteiger partial charge in [0.15, 0.2) is 0 Å². The summed E-state index contributed by atoms with van der Waals surface area (Å²) in [5.41, 5.74) is 13.7. The Morgan fingerprint density at radius 2 is 1.02 bits per heavy atom. The lowest BCUT2D eigenvalue weighted by Gasteiger charge is -2.27. The van der Waals surface area contributed by atoms with Crippen LogP contribution >= 0.6 is 11.3 Å². The minimum absolute atomic E-state index is 0.0313. The van der Waals surface area contributed by atoms with Crippen molar-refractivity contribution in [3.8, 4) is 33.4 Å². The molecule has 0 aliphatic heterocycles. The van der Waals surface area contributed by atoms with Crippen LogP contribution in [0, 0.1) is 0 Å². The Kier molecular flexibility index (Phi) is 6.78. The van der Waals surface area contributed by atoms with E-state index >= 15 is 0 Å². The molecule has 9 aromatic rings.